The molecule has 0 aliphatic carbocycles. The van der Waals surface area contributed by atoms with E-state index >= 15 is 0 Å². The standard InChI is InChI=1S/C35H34N4O5/c1-24-19-29(33(40)38-18-17-37(2)22-32(38)27-8-4-3-5-9-27)13-16-31(24)28-10-6-7-26(20-28)23-43-30-14-11-25(12-15-30)21-39-34(41)36-35(42)44-39/h3-16,19-20,32H,17-18,21-23H2,1-2H3,(H,36,41,42). The molecule has 1 aromatic heterocycles. The van der Waals surface area contributed by atoms with Crippen molar-refractivity contribution >= 4 is 5.91 Å². The molecule has 9 nitrogen and oxygen atoms in total. The number of rotatable bonds is 8. The van der Waals surface area contributed by atoms with E-state index in [1.807, 2.05) is 84.6 Å². The van der Waals surface area contributed by atoms with Gasteiger partial charge in [-0.2, -0.15) is 0 Å². The van der Waals surface area contributed by atoms with Crippen molar-refractivity contribution in [1.82, 2.24) is 19.5 Å². The van der Waals surface area contributed by atoms with Crippen LogP contribution >= 0.6 is 0 Å². The van der Waals surface area contributed by atoms with E-state index in [0.717, 1.165) is 51.2 Å². The molecule has 0 bridgehead atoms. The summed E-state index contributed by atoms with van der Waals surface area (Å²) in [6.45, 7) is 4.90. The molecule has 1 unspecified atom stereocenters. The van der Waals surface area contributed by atoms with Crippen molar-refractivity contribution in [3.05, 3.63) is 146 Å². The zero-order chi connectivity index (χ0) is 30.6. The highest BCUT2D eigenvalue weighted by molar-refractivity contribution is 5.95. The van der Waals surface area contributed by atoms with Gasteiger partial charge in [-0.05, 0) is 77.7 Å². The Labute approximate surface area is 254 Å². The molecule has 1 amide bonds. The lowest BCUT2D eigenvalue weighted by Crippen LogP contribution is -2.49. The zero-order valence-corrected chi connectivity index (χ0v) is 24.7. The average Bonchev–Trinajstić information content (AvgIpc) is 3.36. The Morgan fingerprint density at radius 1 is 0.909 bits per heavy atom. The van der Waals surface area contributed by atoms with E-state index in [-0.39, 0.29) is 18.5 Å². The van der Waals surface area contributed by atoms with Crippen molar-refractivity contribution in [3.63, 3.8) is 0 Å². The number of likely N-dealkylation sites (N-methyl/N-ethyl adjacent to an activating group) is 1. The van der Waals surface area contributed by atoms with Crippen LogP contribution in [0.3, 0.4) is 0 Å². The maximum atomic E-state index is 13.7. The fourth-order valence-corrected chi connectivity index (χ4v) is 5.68. The summed E-state index contributed by atoms with van der Waals surface area (Å²) >= 11 is 0. The summed E-state index contributed by atoms with van der Waals surface area (Å²) in [7, 11) is 2.10. The molecular formula is C35H34N4O5. The van der Waals surface area contributed by atoms with Crippen molar-refractivity contribution < 1.29 is 14.1 Å². The lowest BCUT2D eigenvalue weighted by molar-refractivity contribution is 0.0498. The highest BCUT2D eigenvalue weighted by Gasteiger charge is 2.31. The minimum absolute atomic E-state index is 0.0154. The average molecular weight is 591 g/mol. The van der Waals surface area contributed by atoms with Crippen molar-refractivity contribution in [2.75, 3.05) is 26.7 Å². The van der Waals surface area contributed by atoms with Gasteiger partial charge in [0, 0.05) is 25.2 Å². The van der Waals surface area contributed by atoms with Gasteiger partial charge in [-0.1, -0.05) is 66.7 Å². The Morgan fingerprint density at radius 3 is 2.43 bits per heavy atom. The van der Waals surface area contributed by atoms with Crippen molar-refractivity contribution in [3.8, 4) is 16.9 Å². The van der Waals surface area contributed by atoms with E-state index in [9.17, 15) is 14.4 Å². The molecule has 224 valence electrons. The minimum atomic E-state index is -0.778. The number of benzene rings is 4. The van der Waals surface area contributed by atoms with Crippen LogP contribution in [0.15, 0.2) is 111 Å². The normalized spacial score (nSPS) is 15.3. The van der Waals surface area contributed by atoms with Gasteiger partial charge in [0.1, 0.15) is 12.4 Å². The lowest BCUT2D eigenvalue weighted by atomic mass is 9.96. The van der Waals surface area contributed by atoms with Gasteiger partial charge in [0.15, 0.2) is 0 Å². The van der Waals surface area contributed by atoms with E-state index in [1.54, 1.807) is 0 Å². The summed E-state index contributed by atoms with van der Waals surface area (Å²) in [5.41, 5.74) is 6.23. The van der Waals surface area contributed by atoms with Crippen LogP contribution in [0.1, 0.15) is 38.7 Å². The third-order valence-corrected chi connectivity index (χ3v) is 8.02. The number of aryl methyl sites for hydroxylation is 1. The minimum Gasteiger partial charge on any atom is -0.489 e. The number of nitrogens with zero attached hydrogens (tertiary/aromatic N) is 3. The smallest absolute Gasteiger partial charge is 0.440 e. The van der Waals surface area contributed by atoms with Gasteiger partial charge >= 0.3 is 11.4 Å². The van der Waals surface area contributed by atoms with E-state index in [2.05, 4.69) is 41.2 Å². The number of nitrogens with one attached hydrogen (secondary N) is 1. The SMILES string of the molecule is Cc1cc(C(=O)N2CCN(C)CC2c2ccccc2)ccc1-c1cccc(COc2ccc(Cn3oc(=O)[nH]c3=O)cc2)c1. The summed E-state index contributed by atoms with van der Waals surface area (Å²) in [6.07, 6.45) is 0. The maximum Gasteiger partial charge on any atom is 0.440 e. The Balaban J connectivity index is 1.13. The Morgan fingerprint density at radius 2 is 1.70 bits per heavy atom. The largest absolute Gasteiger partial charge is 0.489 e. The predicted octanol–water partition coefficient (Wildman–Crippen LogP) is 4.86. The molecule has 1 N–H and O–H groups in total. The van der Waals surface area contributed by atoms with Crippen LogP contribution in [0.25, 0.3) is 11.1 Å². The molecule has 6 rings (SSSR count). The van der Waals surface area contributed by atoms with E-state index < -0.39 is 11.4 Å². The first-order chi connectivity index (χ1) is 21.3. The first kappa shape index (κ1) is 28.9. The Bertz CT molecular complexity index is 1870. The Kier molecular flexibility index (Phi) is 8.29. The fraction of sp³-hybridized carbons (Fsp3) is 0.229. The molecule has 1 aliphatic rings. The van der Waals surface area contributed by atoms with Gasteiger partial charge < -0.3 is 19.1 Å². The molecule has 1 fully saturated rings. The number of H-pyrrole nitrogens is 1. The molecular weight excluding hydrogens is 556 g/mol. The highest BCUT2D eigenvalue weighted by atomic mass is 16.5. The van der Waals surface area contributed by atoms with Gasteiger partial charge in [-0.3, -0.25) is 4.79 Å². The number of amides is 1. The quantitative estimate of drug-likeness (QED) is 0.277. The summed E-state index contributed by atoms with van der Waals surface area (Å²) in [4.78, 5) is 43.0. The molecule has 2 heterocycles. The van der Waals surface area contributed by atoms with Crippen molar-refractivity contribution in [2.45, 2.75) is 26.1 Å². The van der Waals surface area contributed by atoms with Gasteiger partial charge in [-0.25, -0.2) is 14.6 Å². The van der Waals surface area contributed by atoms with E-state index in [1.165, 1.54) is 0 Å². The molecule has 9 heteroatoms. The number of hydrogen-bond donors (Lipinski definition) is 1. The van der Waals surface area contributed by atoms with Crippen LogP contribution in [-0.4, -0.2) is 52.1 Å². The van der Waals surface area contributed by atoms with Crippen molar-refractivity contribution in [1.29, 1.82) is 0 Å². The Hall–Kier alpha value is -5.15. The van der Waals surface area contributed by atoms with Crippen LogP contribution < -0.4 is 16.2 Å². The van der Waals surface area contributed by atoms with Gasteiger partial charge in [-0.15, -0.1) is 4.74 Å². The van der Waals surface area contributed by atoms with Crippen LogP contribution in [0.2, 0.25) is 0 Å². The fourth-order valence-electron chi connectivity index (χ4n) is 5.68. The number of piperazine rings is 1. The third kappa shape index (κ3) is 6.43. The summed E-state index contributed by atoms with van der Waals surface area (Å²) in [5, 5.41) is 0. The maximum absolute atomic E-state index is 13.7. The van der Waals surface area contributed by atoms with Gasteiger partial charge in [0.2, 0.25) is 0 Å². The molecule has 44 heavy (non-hydrogen) atoms. The van der Waals surface area contributed by atoms with Crippen LogP contribution in [0.4, 0.5) is 0 Å². The van der Waals surface area contributed by atoms with E-state index in [0.29, 0.717) is 24.5 Å². The van der Waals surface area contributed by atoms with Crippen molar-refractivity contribution in [2.24, 2.45) is 0 Å². The van der Waals surface area contributed by atoms with Gasteiger partial charge in [0.05, 0.1) is 12.6 Å². The third-order valence-electron chi connectivity index (χ3n) is 8.02. The molecule has 4 aromatic carbocycles. The second-order valence-electron chi connectivity index (χ2n) is 11.2. The van der Waals surface area contributed by atoms with Crippen LogP contribution in [0, 0.1) is 6.92 Å². The van der Waals surface area contributed by atoms with E-state index in [4.69, 9.17) is 9.26 Å². The topological polar surface area (TPSA) is 101 Å². The molecule has 1 aliphatic heterocycles. The molecule has 5 aromatic rings. The number of aromatic nitrogens is 2. The number of carbonyl (C=O) groups excluding carboxylic acids is 1. The van der Waals surface area contributed by atoms with Crippen LogP contribution in [0.5, 0.6) is 5.75 Å². The molecule has 1 saturated heterocycles. The number of aromatic amines is 1. The predicted molar refractivity (Wildman–Crippen MR) is 168 cm³/mol. The molecule has 0 saturated carbocycles. The van der Waals surface area contributed by atoms with Gasteiger partial charge in [0.25, 0.3) is 5.91 Å². The number of ether oxygens (including phenoxy) is 1. The highest BCUT2D eigenvalue weighted by Crippen LogP contribution is 2.30. The monoisotopic (exact) mass is 590 g/mol. The molecule has 0 radical (unpaired) electrons. The molecule has 0 spiro atoms. The summed E-state index contributed by atoms with van der Waals surface area (Å²) in [5.74, 6) is -0.0438. The lowest BCUT2D eigenvalue weighted by Gasteiger charge is -2.40. The first-order valence-corrected chi connectivity index (χ1v) is 14.6. The zero-order valence-electron chi connectivity index (χ0n) is 24.7. The van der Waals surface area contributed by atoms with Crippen LogP contribution in [-0.2, 0) is 13.2 Å². The number of carbonyl (C=O) groups is 1. The second-order valence-corrected chi connectivity index (χ2v) is 11.2. The summed E-state index contributed by atoms with van der Waals surface area (Å²) in [6, 6.07) is 31.7. The summed E-state index contributed by atoms with van der Waals surface area (Å²) < 4.78 is 11.8. The molecule has 1 atom stereocenters. The first-order valence-electron chi connectivity index (χ1n) is 14.6. The second kappa shape index (κ2) is 12.6. The number of hydrogen-bond acceptors (Lipinski definition) is 6.